The van der Waals surface area contributed by atoms with Crippen LogP contribution in [-0.4, -0.2) is 11.8 Å². The van der Waals surface area contributed by atoms with Crippen LogP contribution in [0.3, 0.4) is 0 Å². The highest BCUT2D eigenvalue weighted by atomic mass is 16.5. The lowest BCUT2D eigenvalue weighted by Gasteiger charge is -1.91. The van der Waals surface area contributed by atoms with E-state index in [1.807, 2.05) is 13.8 Å². The molecule has 0 radical (unpaired) electrons. The highest BCUT2D eigenvalue weighted by Crippen LogP contribution is 1.90. The van der Waals surface area contributed by atoms with Gasteiger partial charge in [0.2, 0.25) is 0 Å². The average Bonchev–Trinajstić information content (AvgIpc) is 1.61. The molecule has 0 spiro atoms. The average molecular weight is 102 g/mol. The van der Waals surface area contributed by atoms with Crippen LogP contribution in [0.2, 0.25) is 0 Å². The van der Waals surface area contributed by atoms with Gasteiger partial charge in [0.05, 0.1) is 6.54 Å². The Morgan fingerprint density at radius 2 is 2.14 bits per heavy atom. The molecular weight excluding hydrogens is 92.1 g/mol. The van der Waals surface area contributed by atoms with Crippen LogP contribution in [0.25, 0.3) is 0 Å². The quantitative estimate of drug-likeness (QED) is 0.416. The Morgan fingerprint density at radius 3 is 2.29 bits per heavy atom. The molecule has 7 heavy (non-hydrogen) atoms. The van der Waals surface area contributed by atoms with E-state index in [0.717, 1.165) is 0 Å². The van der Waals surface area contributed by atoms with Crippen molar-refractivity contribution in [2.45, 2.75) is 13.8 Å². The van der Waals surface area contributed by atoms with Gasteiger partial charge in [-0.15, -0.1) is 0 Å². The first kappa shape index (κ1) is 6.40. The molecule has 1 N–H and O–H groups in total. The molecule has 0 saturated carbocycles. The van der Waals surface area contributed by atoms with Crippen LogP contribution in [0.15, 0.2) is 10.4 Å². The van der Waals surface area contributed by atoms with Gasteiger partial charge in [0.15, 0.2) is 0 Å². The second-order valence-electron chi connectivity index (χ2n) is 1.81. The second kappa shape index (κ2) is 3.59. The summed E-state index contributed by atoms with van der Waals surface area (Å²) in [5.41, 5.74) is 0. The fourth-order valence-corrected chi connectivity index (χ4v) is 0.200. The van der Waals surface area contributed by atoms with Crippen LogP contribution in [0.5, 0.6) is 0 Å². The maximum Gasteiger partial charge on any atom is 0.0658 e. The SMILES string of the molecule is CC(C)C/N=N/O. The molecule has 0 bridgehead atoms. The molecule has 0 atom stereocenters. The molecule has 0 aromatic carbocycles. The Balaban J connectivity index is 2.97. The standard InChI is InChI=1S/C4H10N2O/c1-4(2)3-5-6-7/h4H,3H2,1-2H3,(H,5,7). The first-order valence-electron chi connectivity index (χ1n) is 2.28. The highest BCUT2D eigenvalue weighted by molar-refractivity contribution is 4.42. The molecule has 0 heterocycles. The summed E-state index contributed by atoms with van der Waals surface area (Å²) >= 11 is 0. The van der Waals surface area contributed by atoms with Crippen LogP contribution in [0.1, 0.15) is 13.8 Å². The Morgan fingerprint density at radius 1 is 1.57 bits per heavy atom. The predicted octanol–water partition coefficient (Wildman–Crippen LogP) is 1.48. The molecule has 3 nitrogen and oxygen atoms in total. The van der Waals surface area contributed by atoms with E-state index in [2.05, 4.69) is 10.4 Å². The fraction of sp³-hybridized carbons (Fsp3) is 1.00. The summed E-state index contributed by atoms with van der Waals surface area (Å²) in [7, 11) is 0. The molecule has 0 unspecified atom stereocenters. The van der Waals surface area contributed by atoms with E-state index >= 15 is 0 Å². The van der Waals surface area contributed by atoms with Crippen LogP contribution in [0.4, 0.5) is 0 Å². The normalized spacial score (nSPS) is 11.3. The van der Waals surface area contributed by atoms with Crippen molar-refractivity contribution in [2.75, 3.05) is 6.54 Å². The topological polar surface area (TPSA) is 45.0 Å². The summed E-state index contributed by atoms with van der Waals surface area (Å²) < 4.78 is 0. The Kier molecular flexibility index (Phi) is 3.28. The van der Waals surface area contributed by atoms with E-state index in [1.54, 1.807) is 0 Å². The van der Waals surface area contributed by atoms with Crippen molar-refractivity contribution in [1.29, 1.82) is 0 Å². The summed E-state index contributed by atoms with van der Waals surface area (Å²) in [4.78, 5) is 0. The maximum atomic E-state index is 7.77. The molecule has 0 aromatic rings. The van der Waals surface area contributed by atoms with Crippen LogP contribution in [0, 0.1) is 5.92 Å². The second-order valence-corrected chi connectivity index (χ2v) is 1.81. The van der Waals surface area contributed by atoms with Gasteiger partial charge in [-0.25, -0.2) is 0 Å². The maximum absolute atomic E-state index is 7.77. The lowest BCUT2D eigenvalue weighted by Crippen LogP contribution is -1.89. The van der Waals surface area contributed by atoms with Gasteiger partial charge in [0.25, 0.3) is 0 Å². The lowest BCUT2D eigenvalue weighted by atomic mass is 10.2. The minimum atomic E-state index is 0.482. The highest BCUT2D eigenvalue weighted by Gasteiger charge is 1.86. The number of nitrogens with zero attached hydrogens (tertiary/aromatic N) is 2. The molecule has 0 aliphatic rings. The number of rotatable bonds is 2. The molecule has 42 valence electrons. The van der Waals surface area contributed by atoms with Crippen LogP contribution >= 0.6 is 0 Å². The molecule has 0 saturated heterocycles. The monoisotopic (exact) mass is 102 g/mol. The first-order chi connectivity index (χ1) is 3.27. The molecule has 0 fully saturated rings. The summed E-state index contributed by atoms with van der Waals surface area (Å²) in [6.07, 6.45) is 0. The van der Waals surface area contributed by atoms with Crippen molar-refractivity contribution in [3.8, 4) is 0 Å². The van der Waals surface area contributed by atoms with Crippen molar-refractivity contribution in [3.63, 3.8) is 0 Å². The molecular formula is C4H10N2O. The van der Waals surface area contributed by atoms with Gasteiger partial charge in [0, 0.05) is 5.28 Å². The van der Waals surface area contributed by atoms with E-state index in [1.165, 1.54) is 0 Å². The zero-order chi connectivity index (χ0) is 5.70. The smallest absolute Gasteiger partial charge is 0.0658 e. The van der Waals surface area contributed by atoms with Crippen LogP contribution < -0.4 is 0 Å². The Labute approximate surface area is 43.0 Å². The number of hydrogen-bond donors (Lipinski definition) is 1. The molecule has 0 aliphatic carbocycles. The van der Waals surface area contributed by atoms with E-state index in [4.69, 9.17) is 5.21 Å². The van der Waals surface area contributed by atoms with Gasteiger partial charge < -0.3 is 5.21 Å². The van der Waals surface area contributed by atoms with Crippen molar-refractivity contribution < 1.29 is 5.21 Å². The predicted molar refractivity (Wildman–Crippen MR) is 26.3 cm³/mol. The Bertz CT molecular complexity index is 60.7. The third-order valence-corrected chi connectivity index (χ3v) is 0.510. The molecule has 0 amide bonds. The van der Waals surface area contributed by atoms with E-state index in [9.17, 15) is 0 Å². The lowest BCUT2D eigenvalue weighted by molar-refractivity contribution is 0.277. The van der Waals surface area contributed by atoms with Gasteiger partial charge in [-0.2, -0.15) is 5.11 Å². The third kappa shape index (κ3) is 5.40. The first-order valence-corrected chi connectivity index (χ1v) is 2.28. The summed E-state index contributed by atoms with van der Waals surface area (Å²) in [5.74, 6) is 0.482. The van der Waals surface area contributed by atoms with Crippen molar-refractivity contribution >= 4 is 0 Å². The van der Waals surface area contributed by atoms with E-state index < -0.39 is 0 Å². The third-order valence-electron chi connectivity index (χ3n) is 0.510. The zero-order valence-corrected chi connectivity index (χ0v) is 4.63. The summed E-state index contributed by atoms with van der Waals surface area (Å²) in [5, 5.41) is 13.7. The minimum Gasteiger partial charge on any atom is -0.395 e. The fourth-order valence-electron chi connectivity index (χ4n) is 0.200. The van der Waals surface area contributed by atoms with Crippen molar-refractivity contribution in [3.05, 3.63) is 0 Å². The van der Waals surface area contributed by atoms with Gasteiger partial charge in [0.1, 0.15) is 0 Å². The van der Waals surface area contributed by atoms with Gasteiger partial charge in [-0.05, 0) is 5.92 Å². The molecule has 0 aromatic heterocycles. The van der Waals surface area contributed by atoms with Crippen molar-refractivity contribution in [2.24, 2.45) is 16.3 Å². The molecule has 0 aliphatic heterocycles. The van der Waals surface area contributed by atoms with Gasteiger partial charge >= 0.3 is 0 Å². The summed E-state index contributed by atoms with van der Waals surface area (Å²) in [6.45, 7) is 4.62. The van der Waals surface area contributed by atoms with Gasteiger partial charge in [-0.1, -0.05) is 13.8 Å². The Hall–Kier alpha value is -0.600. The van der Waals surface area contributed by atoms with Crippen LogP contribution in [-0.2, 0) is 0 Å². The van der Waals surface area contributed by atoms with Gasteiger partial charge in [-0.3, -0.25) is 0 Å². The molecule has 0 rings (SSSR count). The molecule has 3 heteroatoms. The number of hydrogen-bond acceptors (Lipinski definition) is 2. The van der Waals surface area contributed by atoms with E-state index in [0.29, 0.717) is 12.5 Å². The van der Waals surface area contributed by atoms with Crippen molar-refractivity contribution in [1.82, 2.24) is 0 Å². The minimum absolute atomic E-state index is 0.482. The largest absolute Gasteiger partial charge is 0.395 e. The zero-order valence-electron chi connectivity index (χ0n) is 4.63. The summed E-state index contributed by atoms with van der Waals surface area (Å²) in [6, 6.07) is 0. The van der Waals surface area contributed by atoms with E-state index in [-0.39, 0.29) is 0 Å².